The van der Waals surface area contributed by atoms with Gasteiger partial charge in [0, 0.05) is 6.21 Å². The van der Waals surface area contributed by atoms with E-state index in [1.807, 2.05) is 12.1 Å². The number of oxime groups is 1. The molecule has 3 heteroatoms. The van der Waals surface area contributed by atoms with Crippen molar-refractivity contribution in [2.45, 2.75) is 32.8 Å². The highest BCUT2D eigenvalue weighted by molar-refractivity contribution is 5.56. The maximum atomic E-state index is 8.62. The molecule has 0 spiro atoms. The first kappa shape index (κ1) is 12.3. The van der Waals surface area contributed by atoms with Gasteiger partial charge in [0.05, 0.1) is 11.6 Å². The van der Waals surface area contributed by atoms with Gasteiger partial charge in [0.1, 0.15) is 6.61 Å². The maximum absolute atomic E-state index is 8.62. The smallest absolute Gasteiger partial charge is 0.142 e. The summed E-state index contributed by atoms with van der Waals surface area (Å²) in [6.07, 6.45) is 5.07. The van der Waals surface area contributed by atoms with Crippen molar-refractivity contribution in [1.82, 2.24) is 0 Å². The van der Waals surface area contributed by atoms with E-state index in [1.165, 1.54) is 6.42 Å². The molecule has 0 aliphatic carbocycles. The third-order valence-electron chi connectivity index (χ3n) is 2.15. The molecule has 1 aromatic carbocycles. The van der Waals surface area contributed by atoms with Gasteiger partial charge in [-0.15, -0.1) is 0 Å². The largest absolute Gasteiger partial charge is 0.391 e. The summed E-state index contributed by atoms with van der Waals surface area (Å²) in [6.45, 7) is 2.60. The number of nitriles is 1. The maximum Gasteiger partial charge on any atom is 0.142 e. The fourth-order valence-electron chi connectivity index (χ4n) is 1.19. The topological polar surface area (TPSA) is 45.4 Å². The van der Waals surface area contributed by atoms with Crippen LogP contribution in [-0.4, -0.2) is 6.21 Å². The van der Waals surface area contributed by atoms with Crippen LogP contribution in [-0.2, 0) is 11.4 Å². The molecule has 0 aromatic heterocycles. The molecule has 0 heterocycles. The molecule has 16 heavy (non-hydrogen) atoms. The van der Waals surface area contributed by atoms with Gasteiger partial charge in [-0.1, -0.05) is 30.6 Å². The minimum atomic E-state index is 0.453. The Hall–Kier alpha value is -1.82. The second-order valence-corrected chi connectivity index (χ2v) is 3.51. The summed E-state index contributed by atoms with van der Waals surface area (Å²) >= 11 is 0. The number of unbranched alkanes of at least 4 members (excludes halogenated alkanes) is 2. The van der Waals surface area contributed by atoms with E-state index in [2.05, 4.69) is 18.1 Å². The average Bonchev–Trinajstić information content (AvgIpc) is 2.34. The van der Waals surface area contributed by atoms with Crippen molar-refractivity contribution < 1.29 is 4.84 Å². The quantitative estimate of drug-likeness (QED) is 0.416. The van der Waals surface area contributed by atoms with E-state index < -0.39 is 0 Å². The molecule has 0 fully saturated rings. The van der Waals surface area contributed by atoms with Crippen molar-refractivity contribution >= 4 is 6.21 Å². The van der Waals surface area contributed by atoms with Crippen molar-refractivity contribution in [3.63, 3.8) is 0 Å². The Labute approximate surface area is 96.3 Å². The summed E-state index contributed by atoms with van der Waals surface area (Å²) < 4.78 is 0. The summed E-state index contributed by atoms with van der Waals surface area (Å²) in [4.78, 5) is 5.13. The van der Waals surface area contributed by atoms with Crippen LogP contribution in [0.15, 0.2) is 29.4 Å². The zero-order valence-corrected chi connectivity index (χ0v) is 9.52. The fraction of sp³-hybridized carbons (Fsp3) is 0.385. The number of hydrogen-bond donors (Lipinski definition) is 0. The summed E-state index contributed by atoms with van der Waals surface area (Å²) in [5, 5.41) is 12.5. The molecule has 0 bridgehead atoms. The van der Waals surface area contributed by atoms with Gasteiger partial charge >= 0.3 is 0 Å². The number of hydrogen-bond acceptors (Lipinski definition) is 3. The third-order valence-corrected chi connectivity index (χ3v) is 2.15. The molecule has 0 radical (unpaired) electrons. The minimum Gasteiger partial charge on any atom is -0.391 e. The van der Waals surface area contributed by atoms with E-state index in [1.54, 1.807) is 18.3 Å². The second kappa shape index (κ2) is 7.47. The fourth-order valence-corrected chi connectivity index (χ4v) is 1.19. The predicted molar refractivity (Wildman–Crippen MR) is 64.0 cm³/mol. The van der Waals surface area contributed by atoms with Gasteiger partial charge in [0.25, 0.3) is 0 Å². The Balaban J connectivity index is 2.27. The Bertz CT molecular complexity index is 363. The van der Waals surface area contributed by atoms with E-state index in [0.717, 1.165) is 18.4 Å². The molecule has 1 rings (SSSR count). The molecule has 0 amide bonds. The predicted octanol–water partition coefficient (Wildman–Crippen LogP) is 3.25. The SMILES string of the molecule is CCCCC=NOCc1ccc(C#N)cc1. The van der Waals surface area contributed by atoms with Gasteiger partial charge in [0.15, 0.2) is 0 Å². The molecule has 3 nitrogen and oxygen atoms in total. The molecule has 0 unspecified atom stereocenters. The van der Waals surface area contributed by atoms with Gasteiger partial charge in [-0.3, -0.25) is 0 Å². The molecular weight excluding hydrogens is 200 g/mol. The highest BCUT2D eigenvalue weighted by atomic mass is 16.6. The first-order chi connectivity index (χ1) is 7.86. The van der Waals surface area contributed by atoms with Gasteiger partial charge in [0.2, 0.25) is 0 Å². The van der Waals surface area contributed by atoms with Crippen LogP contribution in [0.1, 0.15) is 37.3 Å². The Morgan fingerprint density at radius 1 is 1.38 bits per heavy atom. The number of benzene rings is 1. The van der Waals surface area contributed by atoms with Crippen LogP contribution < -0.4 is 0 Å². The second-order valence-electron chi connectivity index (χ2n) is 3.51. The van der Waals surface area contributed by atoms with Gasteiger partial charge in [-0.05, 0) is 30.5 Å². The van der Waals surface area contributed by atoms with Crippen LogP contribution >= 0.6 is 0 Å². The molecule has 0 saturated heterocycles. The van der Waals surface area contributed by atoms with Crippen LogP contribution in [0.2, 0.25) is 0 Å². The van der Waals surface area contributed by atoms with Crippen LogP contribution in [0.25, 0.3) is 0 Å². The normalized spacial score (nSPS) is 10.2. The van der Waals surface area contributed by atoms with Crippen molar-refractivity contribution in [3.8, 4) is 6.07 Å². The summed E-state index contributed by atoms with van der Waals surface area (Å²) in [5.74, 6) is 0. The third kappa shape index (κ3) is 4.61. The van der Waals surface area contributed by atoms with E-state index >= 15 is 0 Å². The van der Waals surface area contributed by atoms with Gasteiger partial charge in [-0.2, -0.15) is 5.26 Å². The highest BCUT2D eigenvalue weighted by Gasteiger charge is 1.93. The summed E-state index contributed by atoms with van der Waals surface area (Å²) in [6, 6.07) is 9.38. The first-order valence-electron chi connectivity index (χ1n) is 5.49. The van der Waals surface area contributed by atoms with Crippen LogP contribution in [0.4, 0.5) is 0 Å². The van der Waals surface area contributed by atoms with Crippen molar-refractivity contribution in [1.29, 1.82) is 5.26 Å². The van der Waals surface area contributed by atoms with Crippen molar-refractivity contribution in [2.24, 2.45) is 5.16 Å². The molecule has 1 aromatic rings. The molecular formula is C13H16N2O. The molecule has 0 aliphatic heterocycles. The van der Waals surface area contributed by atoms with Crippen LogP contribution in [0.3, 0.4) is 0 Å². The van der Waals surface area contributed by atoms with E-state index in [0.29, 0.717) is 12.2 Å². The van der Waals surface area contributed by atoms with Crippen molar-refractivity contribution in [2.75, 3.05) is 0 Å². The lowest BCUT2D eigenvalue weighted by Gasteiger charge is -1.99. The lowest BCUT2D eigenvalue weighted by atomic mass is 10.2. The van der Waals surface area contributed by atoms with Crippen molar-refractivity contribution in [3.05, 3.63) is 35.4 Å². The van der Waals surface area contributed by atoms with Crippen LogP contribution in [0.5, 0.6) is 0 Å². The zero-order chi connectivity index (χ0) is 11.6. The molecule has 0 atom stereocenters. The Morgan fingerprint density at radius 2 is 2.12 bits per heavy atom. The van der Waals surface area contributed by atoms with E-state index in [4.69, 9.17) is 10.1 Å². The first-order valence-corrected chi connectivity index (χ1v) is 5.49. The molecule has 0 saturated carbocycles. The average molecular weight is 216 g/mol. The van der Waals surface area contributed by atoms with Gasteiger partial charge in [-0.25, -0.2) is 0 Å². The Kier molecular flexibility index (Phi) is 5.72. The van der Waals surface area contributed by atoms with E-state index in [9.17, 15) is 0 Å². The molecule has 0 aliphatic rings. The summed E-state index contributed by atoms with van der Waals surface area (Å²) in [7, 11) is 0. The number of nitrogens with zero attached hydrogens (tertiary/aromatic N) is 2. The van der Waals surface area contributed by atoms with Crippen LogP contribution in [0, 0.1) is 11.3 Å². The zero-order valence-electron chi connectivity index (χ0n) is 9.52. The highest BCUT2D eigenvalue weighted by Crippen LogP contribution is 2.04. The lowest BCUT2D eigenvalue weighted by Crippen LogP contribution is -1.87. The Morgan fingerprint density at radius 3 is 2.75 bits per heavy atom. The summed E-state index contributed by atoms with van der Waals surface area (Å²) in [5.41, 5.74) is 1.68. The monoisotopic (exact) mass is 216 g/mol. The molecule has 0 N–H and O–H groups in total. The van der Waals surface area contributed by atoms with Gasteiger partial charge < -0.3 is 4.84 Å². The minimum absolute atomic E-state index is 0.453. The number of rotatable bonds is 6. The molecule has 84 valence electrons. The lowest BCUT2D eigenvalue weighted by molar-refractivity contribution is 0.131. The standard InChI is InChI=1S/C13H16N2O/c1-2-3-4-9-15-16-11-13-7-5-12(10-14)6-8-13/h5-9H,2-4,11H2,1H3. The van der Waals surface area contributed by atoms with E-state index in [-0.39, 0.29) is 0 Å².